The van der Waals surface area contributed by atoms with Crippen molar-refractivity contribution in [2.45, 2.75) is 19.9 Å². The van der Waals surface area contributed by atoms with Crippen molar-refractivity contribution in [3.8, 4) is 0 Å². The van der Waals surface area contributed by atoms with Gasteiger partial charge in [-0.3, -0.25) is 4.40 Å². The fourth-order valence-corrected chi connectivity index (χ4v) is 2.95. The Hall–Kier alpha value is -2.62. The highest BCUT2D eigenvalue weighted by atomic mass is 127. The first-order valence-corrected chi connectivity index (χ1v) is 9.12. The van der Waals surface area contributed by atoms with Crippen LogP contribution in [0.3, 0.4) is 0 Å². The average Bonchev–Trinajstić information content (AvgIpc) is 3.29. The van der Waals surface area contributed by atoms with Crippen molar-refractivity contribution in [1.29, 1.82) is 0 Å². The molecule has 0 unspecified atom stereocenters. The Balaban J connectivity index is 0.00000225. The lowest BCUT2D eigenvalue weighted by Crippen LogP contribution is -2.38. The number of benzene rings is 1. The van der Waals surface area contributed by atoms with Crippen LogP contribution < -0.4 is 10.6 Å². The Labute approximate surface area is 180 Å². The molecule has 0 saturated heterocycles. The van der Waals surface area contributed by atoms with Gasteiger partial charge in [0.25, 0.3) is 0 Å². The molecule has 7 nitrogen and oxygen atoms in total. The number of pyridine rings is 1. The van der Waals surface area contributed by atoms with Gasteiger partial charge in [-0.1, -0.05) is 24.3 Å². The van der Waals surface area contributed by atoms with Crippen molar-refractivity contribution in [2.24, 2.45) is 4.99 Å². The Bertz CT molecular complexity index is 1040. The number of nitrogens with one attached hydrogen (secondary N) is 2. The predicted molar refractivity (Wildman–Crippen MR) is 121 cm³/mol. The normalized spacial score (nSPS) is 11.5. The van der Waals surface area contributed by atoms with Crippen molar-refractivity contribution < 1.29 is 4.42 Å². The number of para-hydroxylation sites is 1. The summed E-state index contributed by atoms with van der Waals surface area (Å²) in [5.41, 5.74) is 1.75. The minimum absolute atomic E-state index is 0. The van der Waals surface area contributed by atoms with E-state index in [0.29, 0.717) is 6.54 Å². The van der Waals surface area contributed by atoms with Gasteiger partial charge in [0.1, 0.15) is 17.9 Å². The Morgan fingerprint density at radius 1 is 1.11 bits per heavy atom. The fourth-order valence-electron chi connectivity index (χ4n) is 2.95. The van der Waals surface area contributed by atoms with E-state index in [1.165, 1.54) is 0 Å². The molecule has 0 aliphatic heterocycles. The predicted octanol–water partition coefficient (Wildman–Crippen LogP) is 3.39. The number of rotatable bonds is 6. The third kappa shape index (κ3) is 4.61. The first-order chi connectivity index (χ1) is 13.3. The molecule has 0 radical (unpaired) electrons. The lowest BCUT2D eigenvalue weighted by Gasteiger charge is -2.10. The van der Waals surface area contributed by atoms with Crippen molar-refractivity contribution in [3.63, 3.8) is 0 Å². The summed E-state index contributed by atoms with van der Waals surface area (Å²) < 4.78 is 7.80. The first kappa shape index (κ1) is 20.1. The lowest BCUT2D eigenvalue weighted by atomic mass is 10.2. The van der Waals surface area contributed by atoms with Crippen LogP contribution in [0.15, 0.2) is 64.1 Å². The molecule has 0 spiro atoms. The van der Waals surface area contributed by atoms with E-state index in [2.05, 4.69) is 38.0 Å². The molecule has 0 bridgehead atoms. The number of guanidine groups is 1. The van der Waals surface area contributed by atoms with Gasteiger partial charge in [-0.15, -0.1) is 34.2 Å². The van der Waals surface area contributed by atoms with Crippen LogP contribution in [0, 0.1) is 0 Å². The summed E-state index contributed by atoms with van der Waals surface area (Å²) >= 11 is 0. The van der Waals surface area contributed by atoms with Gasteiger partial charge in [-0.05, 0) is 31.2 Å². The van der Waals surface area contributed by atoms with E-state index in [9.17, 15) is 0 Å². The molecule has 0 aliphatic rings. The molecule has 1 aromatic carbocycles. The number of fused-ring (bicyclic) bond motifs is 2. The summed E-state index contributed by atoms with van der Waals surface area (Å²) in [6.45, 7) is 4.01. The zero-order chi connectivity index (χ0) is 18.5. The van der Waals surface area contributed by atoms with Gasteiger partial charge in [-0.2, -0.15) is 0 Å². The minimum atomic E-state index is 0. The third-order valence-corrected chi connectivity index (χ3v) is 4.25. The molecule has 3 heterocycles. The van der Waals surface area contributed by atoms with Crippen LogP contribution in [0.1, 0.15) is 18.5 Å². The molecule has 146 valence electrons. The monoisotopic (exact) mass is 490 g/mol. The molecule has 0 amide bonds. The van der Waals surface area contributed by atoms with Gasteiger partial charge in [0, 0.05) is 31.1 Å². The van der Waals surface area contributed by atoms with E-state index in [4.69, 9.17) is 4.42 Å². The molecule has 28 heavy (non-hydrogen) atoms. The van der Waals surface area contributed by atoms with E-state index in [1.54, 1.807) is 0 Å². The Morgan fingerprint density at radius 2 is 1.96 bits per heavy atom. The Kier molecular flexibility index (Phi) is 6.85. The number of aliphatic imine (C=N–C) groups is 1. The number of hydrogen-bond donors (Lipinski definition) is 2. The van der Waals surface area contributed by atoms with Crippen LogP contribution in [-0.2, 0) is 13.0 Å². The van der Waals surface area contributed by atoms with Gasteiger partial charge in [-0.25, -0.2) is 4.99 Å². The zero-order valence-corrected chi connectivity index (χ0v) is 18.0. The van der Waals surface area contributed by atoms with Crippen LogP contribution in [0.4, 0.5) is 0 Å². The van der Waals surface area contributed by atoms with E-state index >= 15 is 0 Å². The minimum Gasteiger partial charge on any atom is -0.461 e. The van der Waals surface area contributed by atoms with Crippen LogP contribution >= 0.6 is 24.0 Å². The van der Waals surface area contributed by atoms with Gasteiger partial charge in [0.2, 0.25) is 0 Å². The Morgan fingerprint density at radius 3 is 2.82 bits per heavy atom. The second-order valence-corrected chi connectivity index (χ2v) is 6.17. The van der Waals surface area contributed by atoms with E-state index in [0.717, 1.165) is 53.7 Å². The molecule has 2 N–H and O–H groups in total. The highest BCUT2D eigenvalue weighted by molar-refractivity contribution is 14.0. The maximum atomic E-state index is 5.86. The second kappa shape index (κ2) is 9.54. The standard InChI is InChI=1S/C20H22N6O.HI/c1-2-21-20(23-14-19-25-24-18-9-5-6-12-26(18)19)22-11-10-16-13-15-7-3-4-8-17(15)27-16;/h3-9,12-13H,2,10-11,14H2,1H3,(H2,21,22,23);1H. The van der Waals surface area contributed by atoms with Crippen molar-refractivity contribution in [2.75, 3.05) is 13.1 Å². The summed E-state index contributed by atoms with van der Waals surface area (Å²) in [4.78, 5) is 4.62. The maximum absolute atomic E-state index is 5.86. The summed E-state index contributed by atoms with van der Waals surface area (Å²) in [5, 5.41) is 16.1. The van der Waals surface area contributed by atoms with Crippen LogP contribution in [0.25, 0.3) is 16.6 Å². The molecule has 0 aliphatic carbocycles. The van der Waals surface area contributed by atoms with Crippen molar-refractivity contribution in [1.82, 2.24) is 25.2 Å². The number of aromatic nitrogens is 3. The first-order valence-electron chi connectivity index (χ1n) is 9.12. The highest BCUT2D eigenvalue weighted by Gasteiger charge is 2.06. The molecule has 0 saturated carbocycles. The van der Waals surface area contributed by atoms with Crippen molar-refractivity contribution >= 4 is 46.6 Å². The fraction of sp³-hybridized carbons (Fsp3) is 0.250. The second-order valence-electron chi connectivity index (χ2n) is 6.17. The van der Waals surface area contributed by atoms with Gasteiger partial charge >= 0.3 is 0 Å². The number of nitrogens with zero attached hydrogens (tertiary/aromatic N) is 4. The molecule has 8 heteroatoms. The highest BCUT2D eigenvalue weighted by Crippen LogP contribution is 2.18. The van der Waals surface area contributed by atoms with Crippen LogP contribution in [-0.4, -0.2) is 33.6 Å². The molecule has 3 aromatic heterocycles. The van der Waals surface area contributed by atoms with Crippen molar-refractivity contribution in [3.05, 3.63) is 66.3 Å². The van der Waals surface area contributed by atoms with Crippen LogP contribution in [0.5, 0.6) is 0 Å². The number of furan rings is 1. The molecule has 4 aromatic rings. The molecule has 0 atom stereocenters. The summed E-state index contributed by atoms with van der Waals surface area (Å²) in [7, 11) is 0. The number of hydrogen-bond acceptors (Lipinski definition) is 4. The molecular weight excluding hydrogens is 467 g/mol. The smallest absolute Gasteiger partial charge is 0.191 e. The topological polar surface area (TPSA) is 79.8 Å². The molecular formula is C20H23IN6O. The average molecular weight is 490 g/mol. The van der Waals surface area contributed by atoms with Gasteiger partial charge in [0.15, 0.2) is 17.4 Å². The van der Waals surface area contributed by atoms with E-state index in [1.807, 2.05) is 53.9 Å². The SMILES string of the molecule is CCNC(=NCc1nnc2ccccn12)NCCc1cc2ccccc2o1.I. The van der Waals surface area contributed by atoms with E-state index < -0.39 is 0 Å². The summed E-state index contributed by atoms with van der Waals surface area (Å²) in [5.74, 6) is 2.52. The molecule has 0 fully saturated rings. The molecule has 4 rings (SSSR count). The summed E-state index contributed by atoms with van der Waals surface area (Å²) in [6.07, 6.45) is 2.73. The van der Waals surface area contributed by atoms with Crippen LogP contribution in [0.2, 0.25) is 0 Å². The largest absolute Gasteiger partial charge is 0.461 e. The number of halogens is 1. The van der Waals surface area contributed by atoms with Gasteiger partial charge < -0.3 is 15.1 Å². The quantitative estimate of drug-likeness (QED) is 0.246. The zero-order valence-electron chi connectivity index (χ0n) is 15.6. The van der Waals surface area contributed by atoms with E-state index in [-0.39, 0.29) is 24.0 Å². The third-order valence-electron chi connectivity index (χ3n) is 4.25. The summed E-state index contributed by atoms with van der Waals surface area (Å²) in [6, 6.07) is 16.0. The van der Waals surface area contributed by atoms with Gasteiger partial charge in [0.05, 0.1) is 0 Å². The maximum Gasteiger partial charge on any atom is 0.191 e. The lowest BCUT2D eigenvalue weighted by molar-refractivity contribution is 0.544.